The molecule has 0 aliphatic carbocycles. The van der Waals surface area contributed by atoms with Gasteiger partial charge >= 0.3 is 6.03 Å². The lowest BCUT2D eigenvalue weighted by molar-refractivity contribution is 0.0370. The minimum absolute atomic E-state index is 0.00367. The SMILES string of the molecule is COCCCC1(O)SC[C@H]2[C@@H]1N(Cc1ccccc1)C(=O)N2Cc1ccccc1. The number of fused-ring (bicyclic) bond motifs is 1. The molecule has 2 saturated heterocycles. The molecule has 29 heavy (non-hydrogen) atoms. The van der Waals surface area contributed by atoms with Crippen molar-refractivity contribution in [2.45, 2.75) is 42.9 Å². The Labute approximate surface area is 176 Å². The highest BCUT2D eigenvalue weighted by Crippen LogP contribution is 2.48. The summed E-state index contributed by atoms with van der Waals surface area (Å²) < 4.78 is 5.19. The van der Waals surface area contributed by atoms with Crippen LogP contribution in [0.1, 0.15) is 24.0 Å². The summed E-state index contributed by atoms with van der Waals surface area (Å²) in [6.45, 7) is 1.70. The van der Waals surface area contributed by atoms with Crippen LogP contribution in [0.25, 0.3) is 0 Å². The summed E-state index contributed by atoms with van der Waals surface area (Å²) in [7, 11) is 1.68. The second-order valence-corrected chi connectivity index (χ2v) is 9.10. The van der Waals surface area contributed by atoms with E-state index in [0.29, 0.717) is 26.1 Å². The topological polar surface area (TPSA) is 53.0 Å². The standard InChI is InChI=1S/C23H28N2O3S/c1-28-14-8-13-23(27)21-20(17-29-23)24(15-18-9-4-2-5-10-18)22(26)25(21)16-19-11-6-3-7-12-19/h2-7,9-12,20-21,27H,8,13-17H2,1H3/t20-,21-,23?/m0/s1. The molecule has 2 aliphatic rings. The smallest absolute Gasteiger partial charge is 0.321 e. The van der Waals surface area contributed by atoms with Crippen LogP contribution in [0.5, 0.6) is 0 Å². The number of benzene rings is 2. The maximum atomic E-state index is 13.5. The molecule has 2 amide bonds. The number of methoxy groups -OCH3 is 1. The van der Waals surface area contributed by atoms with E-state index in [4.69, 9.17) is 4.74 Å². The predicted octanol–water partition coefficient (Wildman–Crippen LogP) is 3.72. The van der Waals surface area contributed by atoms with Crippen molar-refractivity contribution in [1.29, 1.82) is 0 Å². The highest BCUT2D eigenvalue weighted by molar-refractivity contribution is 8.00. The van der Waals surface area contributed by atoms with Gasteiger partial charge in [0.15, 0.2) is 0 Å². The molecule has 2 aromatic rings. The van der Waals surface area contributed by atoms with Crippen molar-refractivity contribution in [2.24, 2.45) is 0 Å². The third-order valence-electron chi connectivity index (χ3n) is 5.83. The molecule has 0 bridgehead atoms. The van der Waals surface area contributed by atoms with Crippen molar-refractivity contribution in [3.8, 4) is 0 Å². The highest BCUT2D eigenvalue weighted by atomic mass is 32.2. The maximum Gasteiger partial charge on any atom is 0.321 e. The fraction of sp³-hybridized carbons (Fsp3) is 0.435. The van der Waals surface area contributed by atoms with Gasteiger partial charge in [-0.2, -0.15) is 0 Å². The average Bonchev–Trinajstić information content (AvgIpc) is 3.21. The lowest BCUT2D eigenvalue weighted by Crippen LogP contribution is -2.48. The largest absolute Gasteiger partial charge is 0.385 e. The first-order valence-corrected chi connectivity index (χ1v) is 11.1. The first-order chi connectivity index (χ1) is 14.1. The Bertz CT molecular complexity index is 819. The Kier molecular flexibility index (Phi) is 6.13. The van der Waals surface area contributed by atoms with Crippen molar-refractivity contribution < 1.29 is 14.6 Å². The summed E-state index contributed by atoms with van der Waals surface area (Å²) in [6.07, 6.45) is 1.39. The van der Waals surface area contributed by atoms with E-state index in [1.165, 1.54) is 0 Å². The van der Waals surface area contributed by atoms with Crippen molar-refractivity contribution >= 4 is 17.8 Å². The number of nitrogens with zero attached hydrogens (tertiary/aromatic N) is 2. The molecular formula is C23H28N2O3S. The monoisotopic (exact) mass is 412 g/mol. The zero-order valence-corrected chi connectivity index (χ0v) is 17.6. The fourth-order valence-electron chi connectivity index (χ4n) is 4.45. The van der Waals surface area contributed by atoms with E-state index in [2.05, 4.69) is 12.1 Å². The molecular weight excluding hydrogens is 384 g/mol. The molecule has 2 fully saturated rings. The Morgan fingerprint density at radius 1 is 1.03 bits per heavy atom. The fourth-order valence-corrected chi connectivity index (χ4v) is 6.01. The predicted molar refractivity (Wildman–Crippen MR) is 115 cm³/mol. The van der Waals surface area contributed by atoms with Gasteiger partial charge in [-0.05, 0) is 24.0 Å². The zero-order chi connectivity index (χ0) is 20.3. The average molecular weight is 413 g/mol. The molecule has 0 saturated carbocycles. The lowest BCUT2D eigenvalue weighted by Gasteiger charge is -2.34. The third kappa shape index (κ3) is 4.15. The molecule has 3 atom stereocenters. The molecule has 5 nitrogen and oxygen atoms in total. The number of aliphatic hydroxyl groups is 1. The number of hydrogen-bond acceptors (Lipinski definition) is 4. The van der Waals surface area contributed by atoms with Crippen LogP contribution >= 0.6 is 11.8 Å². The third-order valence-corrected chi connectivity index (χ3v) is 7.29. The van der Waals surface area contributed by atoms with Gasteiger partial charge in [0.1, 0.15) is 4.93 Å². The summed E-state index contributed by atoms with van der Waals surface area (Å²) in [5.41, 5.74) is 2.19. The van der Waals surface area contributed by atoms with E-state index in [1.807, 2.05) is 58.3 Å². The van der Waals surface area contributed by atoms with Gasteiger partial charge in [0.25, 0.3) is 0 Å². The number of carbonyl (C=O) groups is 1. The van der Waals surface area contributed by atoms with Crippen LogP contribution < -0.4 is 0 Å². The maximum absolute atomic E-state index is 13.5. The normalized spacial score (nSPS) is 26.2. The molecule has 1 unspecified atom stereocenters. The number of rotatable bonds is 8. The Hall–Kier alpha value is -2.02. The summed E-state index contributed by atoms with van der Waals surface area (Å²) in [5, 5.41) is 11.5. The first-order valence-electron chi connectivity index (χ1n) is 10.1. The minimum atomic E-state index is -0.945. The summed E-state index contributed by atoms with van der Waals surface area (Å²) in [6, 6.07) is 19.9. The number of amides is 2. The molecule has 0 spiro atoms. The minimum Gasteiger partial charge on any atom is -0.385 e. The number of thioether (sulfide) groups is 1. The van der Waals surface area contributed by atoms with Gasteiger partial charge in [0, 0.05) is 32.6 Å². The van der Waals surface area contributed by atoms with Gasteiger partial charge in [-0.15, -0.1) is 11.8 Å². The summed E-state index contributed by atoms with van der Waals surface area (Å²) >= 11 is 1.58. The Morgan fingerprint density at radius 3 is 2.21 bits per heavy atom. The molecule has 4 rings (SSSR count). The Balaban J connectivity index is 1.61. The zero-order valence-electron chi connectivity index (χ0n) is 16.7. The molecule has 2 aliphatic heterocycles. The van der Waals surface area contributed by atoms with Gasteiger partial charge in [0.2, 0.25) is 0 Å². The van der Waals surface area contributed by atoms with Crippen molar-refractivity contribution in [2.75, 3.05) is 19.5 Å². The van der Waals surface area contributed by atoms with E-state index in [0.717, 1.165) is 23.3 Å². The van der Waals surface area contributed by atoms with Crippen LogP contribution in [-0.4, -0.2) is 57.4 Å². The Morgan fingerprint density at radius 2 is 1.62 bits per heavy atom. The number of carbonyl (C=O) groups excluding carboxylic acids is 1. The van der Waals surface area contributed by atoms with Gasteiger partial charge in [0.05, 0.1) is 12.1 Å². The van der Waals surface area contributed by atoms with Gasteiger partial charge < -0.3 is 19.6 Å². The van der Waals surface area contributed by atoms with Crippen LogP contribution in [0.2, 0.25) is 0 Å². The van der Waals surface area contributed by atoms with Crippen molar-refractivity contribution in [3.63, 3.8) is 0 Å². The van der Waals surface area contributed by atoms with Crippen LogP contribution in [0, 0.1) is 0 Å². The van der Waals surface area contributed by atoms with Crippen molar-refractivity contribution in [3.05, 3.63) is 71.8 Å². The molecule has 154 valence electrons. The summed E-state index contributed by atoms with van der Waals surface area (Å²) in [4.78, 5) is 16.3. The van der Waals surface area contributed by atoms with E-state index in [9.17, 15) is 9.90 Å². The van der Waals surface area contributed by atoms with E-state index in [1.54, 1.807) is 18.9 Å². The van der Waals surface area contributed by atoms with Crippen LogP contribution in [0.4, 0.5) is 4.79 Å². The van der Waals surface area contributed by atoms with Crippen molar-refractivity contribution in [1.82, 2.24) is 9.80 Å². The molecule has 0 aromatic heterocycles. The van der Waals surface area contributed by atoms with E-state index < -0.39 is 4.93 Å². The van der Waals surface area contributed by atoms with E-state index >= 15 is 0 Å². The molecule has 0 radical (unpaired) electrons. The second-order valence-electron chi connectivity index (χ2n) is 7.77. The van der Waals surface area contributed by atoms with Crippen LogP contribution in [0.15, 0.2) is 60.7 Å². The first kappa shape index (κ1) is 20.3. The number of urea groups is 1. The molecule has 2 aromatic carbocycles. The van der Waals surface area contributed by atoms with Crippen LogP contribution in [0.3, 0.4) is 0 Å². The van der Waals surface area contributed by atoms with E-state index in [-0.39, 0.29) is 18.1 Å². The molecule has 6 heteroatoms. The quantitative estimate of drug-likeness (QED) is 0.530. The summed E-state index contributed by atoms with van der Waals surface area (Å²) in [5.74, 6) is 0.748. The molecule has 1 N–H and O–H groups in total. The highest BCUT2D eigenvalue weighted by Gasteiger charge is 2.59. The van der Waals surface area contributed by atoms with Gasteiger partial charge in [-0.25, -0.2) is 4.79 Å². The van der Waals surface area contributed by atoms with Gasteiger partial charge in [-0.1, -0.05) is 60.7 Å². The lowest BCUT2D eigenvalue weighted by atomic mass is 9.98. The van der Waals surface area contributed by atoms with Gasteiger partial charge in [-0.3, -0.25) is 0 Å². The van der Waals surface area contributed by atoms with Crippen LogP contribution in [-0.2, 0) is 17.8 Å². The number of hydrogen-bond donors (Lipinski definition) is 1. The second kappa shape index (κ2) is 8.78. The molecule has 2 heterocycles. The number of ether oxygens (including phenoxy) is 1.